The predicted octanol–water partition coefficient (Wildman–Crippen LogP) is 4.22. The van der Waals surface area contributed by atoms with Gasteiger partial charge in [-0.15, -0.1) is 0 Å². The molecule has 2 fully saturated rings. The van der Waals surface area contributed by atoms with Gasteiger partial charge in [0.25, 0.3) is 0 Å². The summed E-state index contributed by atoms with van der Waals surface area (Å²) in [5, 5.41) is 2.78. The van der Waals surface area contributed by atoms with Crippen LogP contribution in [0.4, 0.5) is 0 Å². The molecule has 196 valence electrons. The van der Waals surface area contributed by atoms with Crippen LogP contribution in [0.5, 0.6) is 0 Å². The molecule has 2 aromatic carbocycles. The zero-order valence-corrected chi connectivity index (χ0v) is 22.0. The molecule has 0 spiro atoms. The van der Waals surface area contributed by atoms with E-state index in [1.165, 1.54) is 0 Å². The first kappa shape index (κ1) is 25.0. The number of amides is 1. The van der Waals surface area contributed by atoms with Crippen molar-refractivity contribution in [3.63, 3.8) is 0 Å². The topological polar surface area (TPSA) is 91.2 Å². The first-order valence-corrected chi connectivity index (χ1v) is 13.0. The third kappa shape index (κ3) is 4.94. The number of rotatable bonds is 4. The Hall–Kier alpha value is -4.32. The Balaban J connectivity index is 1.45. The van der Waals surface area contributed by atoms with Gasteiger partial charge in [-0.2, -0.15) is 0 Å². The summed E-state index contributed by atoms with van der Waals surface area (Å²) >= 11 is 0. The van der Waals surface area contributed by atoms with Gasteiger partial charge in [-0.25, -0.2) is 15.0 Å². The monoisotopic (exact) mass is 519 g/mol. The van der Waals surface area contributed by atoms with E-state index in [-0.39, 0.29) is 30.1 Å². The summed E-state index contributed by atoms with van der Waals surface area (Å²) in [5.74, 6) is 5.48. The Morgan fingerprint density at radius 2 is 1.72 bits per heavy atom. The molecule has 0 radical (unpaired) electrons. The highest BCUT2D eigenvalue weighted by Crippen LogP contribution is 2.47. The van der Waals surface area contributed by atoms with Gasteiger partial charge in [-0.3, -0.25) is 4.79 Å². The average Bonchev–Trinajstić information content (AvgIpc) is 3.61. The van der Waals surface area contributed by atoms with Crippen LogP contribution in [0, 0.1) is 17.8 Å². The highest BCUT2D eigenvalue weighted by molar-refractivity contribution is 5.85. The van der Waals surface area contributed by atoms with Crippen LogP contribution in [0.3, 0.4) is 0 Å². The predicted molar refractivity (Wildman–Crippen MR) is 148 cm³/mol. The van der Waals surface area contributed by atoms with E-state index in [0.29, 0.717) is 29.1 Å². The summed E-state index contributed by atoms with van der Waals surface area (Å²) in [5.41, 5.74) is 3.89. The largest absolute Gasteiger partial charge is 0.359 e. The zero-order chi connectivity index (χ0) is 27.0. The van der Waals surface area contributed by atoms with E-state index in [2.05, 4.69) is 17.2 Å². The molecule has 1 saturated heterocycles. The van der Waals surface area contributed by atoms with E-state index in [1.54, 1.807) is 13.4 Å². The summed E-state index contributed by atoms with van der Waals surface area (Å²) in [7, 11) is 1.65. The Labute approximate surface area is 227 Å². The quantitative estimate of drug-likeness (QED) is 0.406. The minimum atomic E-state index is -0.790. The van der Waals surface area contributed by atoms with Gasteiger partial charge in [0.05, 0.1) is 24.0 Å². The van der Waals surface area contributed by atoms with Crippen molar-refractivity contribution in [3.8, 4) is 11.8 Å². The number of imidazole rings is 1. The van der Waals surface area contributed by atoms with Gasteiger partial charge in [0, 0.05) is 12.6 Å². The highest BCUT2D eigenvalue weighted by Gasteiger charge is 2.56. The Kier molecular flexibility index (Phi) is 6.47. The summed E-state index contributed by atoms with van der Waals surface area (Å²) in [6.07, 6.45) is 5.56. The van der Waals surface area contributed by atoms with Gasteiger partial charge in [-0.1, -0.05) is 60.5 Å². The summed E-state index contributed by atoms with van der Waals surface area (Å²) in [6, 6.07) is 19.6. The van der Waals surface area contributed by atoms with Crippen molar-refractivity contribution >= 4 is 29.2 Å². The number of hydrogen-bond acceptors (Lipinski definition) is 6. The lowest BCUT2D eigenvalue weighted by Crippen LogP contribution is -2.36. The van der Waals surface area contributed by atoms with Crippen molar-refractivity contribution in [2.75, 3.05) is 7.05 Å². The maximum atomic E-state index is 12.8. The summed E-state index contributed by atoms with van der Waals surface area (Å²) < 4.78 is 14.5. The fourth-order valence-electron chi connectivity index (χ4n) is 5.41. The third-order valence-electron chi connectivity index (χ3n) is 7.15. The number of nitrogens with zero attached hydrogens (tertiary/aromatic N) is 4. The molecule has 8 nitrogen and oxygen atoms in total. The van der Waals surface area contributed by atoms with Crippen LogP contribution >= 0.6 is 0 Å². The number of carbonyl (C=O) groups excluding carboxylic acids is 1. The zero-order valence-electron chi connectivity index (χ0n) is 22.0. The van der Waals surface area contributed by atoms with Crippen LogP contribution < -0.4 is 5.32 Å². The fraction of sp³-hybridized carbons (Fsp3) is 0.290. The second-order valence-corrected chi connectivity index (χ2v) is 10.2. The van der Waals surface area contributed by atoms with Crippen molar-refractivity contribution in [1.29, 1.82) is 0 Å². The molecule has 1 N–H and O–H groups in total. The number of fused-ring (bicyclic) bond motifs is 2. The van der Waals surface area contributed by atoms with Gasteiger partial charge in [0.2, 0.25) is 11.7 Å². The van der Waals surface area contributed by atoms with Crippen molar-refractivity contribution in [1.82, 2.24) is 24.8 Å². The summed E-state index contributed by atoms with van der Waals surface area (Å²) in [4.78, 5) is 27.1. The van der Waals surface area contributed by atoms with E-state index >= 15 is 0 Å². The minimum Gasteiger partial charge on any atom is -0.359 e. The van der Waals surface area contributed by atoms with E-state index in [1.807, 2.05) is 91.2 Å². The number of ether oxygens (including phenoxy) is 2. The maximum Gasteiger partial charge on any atom is 0.225 e. The van der Waals surface area contributed by atoms with E-state index < -0.39 is 5.79 Å². The van der Waals surface area contributed by atoms with Crippen molar-refractivity contribution in [2.24, 2.45) is 5.92 Å². The molecule has 6 rings (SSSR count). The smallest absolute Gasteiger partial charge is 0.225 e. The molecule has 1 aliphatic carbocycles. The number of aromatic nitrogens is 4. The van der Waals surface area contributed by atoms with Crippen LogP contribution in [-0.2, 0) is 14.3 Å². The first-order valence-electron chi connectivity index (χ1n) is 13.0. The molecular weight excluding hydrogens is 490 g/mol. The minimum absolute atomic E-state index is 0.0613. The second kappa shape index (κ2) is 10.1. The van der Waals surface area contributed by atoms with Crippen LogP contribution in [0.2, 0.25) is 0 Å². The van der Waals surface area contributed by atoms with E-state index in [4.69, 9.17) is 24.4 Å². The number of nitrogens with one attached hydrogen (secondary N) is 1. The molecule has 1 saturated carbocycles. The van der Waals surface area contributed by atoms with Crippen molar-refractivity contribution < 1.29 is 14.3 Å². The molecule has 4 unspecified atom stereocenters. The van der Waals surface area contributed by atoms with Crippen LogP contribution in [-0.4, -0.2) is 50.5 Å². The number of carbonyl (C=O) groups is 1. The Bertz CT molecular complexity index is 1600. The van der Waals surface area contributed by atoms with Gasteiger partial charge < -0.3 is 19.4 Å². The second-order valence-electron chi connectivity index (χ2n) is 10.2. The first-order chi connectivity index (χ1) is 18.9. The molecule has 8 heteroatoms. The third-order valence-corrected chi connectivity index (χ3v) is 7.15. The maximum absolute atomic E-state index is 12.8. The van der Waals surface area contributed by atoms with Crippen LogP contribution in [0.1, 0.15) is 49.0 Å². The van der Waals surface area contributed by atoms with E-state index in [9.17, 15) is 4.79 Å². The van der Waals surface area contributed by atoms with Gasteiger partial charge in [-0.05, 0) is 50.0 Å². The standard InChI is InChI=1S/C31H29N5O3/c1-31(2)38-27-22(30(37)32-3)18-24(28(27)39-31)36-19-33-26-23(16-14-20-10-6-4-7-11-20)34-25(35-29(26)36)17-15-21-12-8-5-9-13-21/h4-14,16,19,22,24,27-28H,18H2,1-3H3,(H,32,37). The van der Waals surface area contributed by atoms with Gasteiger partial charge in [0.1, 0.15) is 17.7 Å². The number of hydrogen-bond donors (Lipinski definition) is 1. The molecule has 1 amide bonds. The molecule has 2 aliphatic rings. The number of benzene rings is 2. The van der Waals surface area contributed by atoms with Gasteiger partial charge in [0.15, 0.2) is 11.4 Å². The molecule has 39 heavy (non-hydrogen) atoms. The lowest BCUT2D eigenvalue weighted by molar-refractivity contribution is -0.163. The molecule has 4 atom stereocenters. The molecule has 1 aliphatic heterocycles. The normalized spacial score (nSPS) is 23.5. The van der Waals surface area contributed by atoms with Crippen molar-refractivity contribution in [2.45, 2.75) is 44.3 Å². The fourth-order valence-corrected chi connectivity index (χ4v) is 5.41. The Morgan fingerprint density at radius 3 is 2.46 bits per heavy atom. The molecule has 2 aromatic heterocycles. The lowest BCUT2D eigenvalue weighted by Gasteiger charge is -2.23. The molecule has 0 bridgehead atoms. The van der Waals surface area contributed by atoms with E-state index in [0.717, 1.165) is 11.1 Å². The molecular formula is C31H29N5O3. The average molecular weight is 520 g/mol. The highest BCUT2D eigenvalue weighted by atomic mass is 16.8. The van der Waals surface area contributed by atoms with Crippen molar-refractivity contribution in [3.05, 3.63) is 89.6 Å². The Morgan fingerprint density at radius 1 is 1.00 bits per heavy atom. The summed E-state index contributed by atoms with van der Waals surface area (Å²) in [6.45, 7) is 3.75. The van der Waals surface area contributed by atoms with Crippen LogP contribution in [0.25, 0.3) is 23.3 Å². The van der Waals surface area contributed by atoms with Crippen LogP contribution in [0.15, 0.2) is 67.0 Å². The molecule has 3 heterocycles. The molecule has 4 aromatic rings. The lowest BCUT2D eigenvalue weighted by atomic mass is 10.0. The SMILES string of the molecule is CNC(=O)C1CC(n2cnc3c(C=Cc4ccccc4)nc(C#Cc4ccccc4)nc32)C2OC(C)(C)OC12. The van der Waals surface area contributed by atoms with Gasteiger partial charge >= 0.3 is 0 Å².